The number of pyridine rings is 1. The van der Waals surface area contributed by atoms with Crippen molar-refractivity contribution < 1.29 is 45.5 Å². The van der Waals surface area contributed by atoms with Gasteiger partial charge < -0.3 is 20.9 Å². The number of rotatable bonds is 5. The summed E-state index contributed by atoms with van der Waals surface area (Å²) in [6.07, 6.45) is -1.45. The van der Waals surface area contributed by atoms with Crippen molar-refractivity contribution in [2.75, 3.05) is 29.0 Å². The summed E-state index contributed by atoms with van der Waals surface area (Å²) in [7, 11) is 1.78. The van der Waals surface area contributed by atoms with E-state index in [2.05, 4.69) is 36.0 Å². The fourth-order valence-electron chi connectivity index (χ4n) is 5.05. The van der Waals surface area contributed by atoms with E-state index >= 15 is 0 Å². The van der Waals surface area contributed by atoms with Gasteiger partial charge in [0.25, 0.3) is 5.91 Å². The molecule has 0 spiro atoms. The number of nitrogens with zero attached hydrogens (tertiary/aromatic N) is 6. The van der Waals surface area contributed by atoms with Crippen LogP contribution < -0.4 is 16.0 Å². The van der Waals surface area contributed by atoms with Crippen LogP contribution >= 0.6 is 11.6 Å². The molecule has 0 radical (unpaired) electrons. The van der Waals surface area contributed by atoms with Gasteiger partial charge in [0.2, 0.25) is 11.9 Å². The Kier molecular flexibility index (Phi) is 10.6. The molecule has 20 heteroatoms. The number of carbonyl (C=O) groups excluding carboxylic acids is 4. The first-order valence-corrected chi connectivity index (χ1v) is 15.3. The molecule has 2 aliphatic rings. The van der Waals surface area contributed by atoms with Crippen molar-refractivity contribution in [1.82, 2.24) is 29.6 Å². The smallest absolute Gasteiger partial charge is 0.339 e. The molecule has 3 aromatic heterocycles. The van der Waals surface area contributed by atoms with E-state index in [1.807, 2.05) is 30.5 Å². The molecular formula is C31H26ClF6N9O4. The highest BCUT2D eigenvalue weighted by Crippen LogP contribution is 2.30. The third-order valence-corrected chi connectivity index (χ3v) is 7.79. The molecule has 0 unspecified atom stereocenters. The first-order valence-electron chi connectivity index (χ1n) is 14.9. The Morgan fingerprint density at radius 2 is 1.63 bits per heavy atom. The summed E-state index contributed by atoms with van der Waals surface area (Å²) >= 11 is 6.35. The summed E-state index contributed by atoms with van der Waals surface area (Å²) in [5.41, 5.74) is 4.89. The Bertz CT molecular complexity index is 1960. The second kappa shape index (κ2) is 14.7. The van der Waals surface area contributed by atoms with E-state index in [1.54, 1.807) is 35.2 Å². The molecule has 0 aliphatic carbocycles. The number of benzene rings is 1. The third kappa shape index (κ3) is 9.35. The fourth-order valence-corrected chi connectivity index (χ4v) is 5.19. The zero-order chi connectivity index (χ0) is 37.1. The number of aromatic nitrogens is 5. The minimum absolute atomic E-state index is 0.0567. The van der Waals surface area contributed by atoms with Crippen LogP contribution in [0.4, 0.5) is 55.2 Å². The summed E-state index contributed by atoms with van der Waals surface area (Å²) < 4.78 is 68.6. The van der Waals surface area contributed by atoms with Crippen molar-refractivity contribution in [3.63, 3.8) is 0 Å². The number of anilines is 5. The molecule has 51 heavy (non-hydrogen) atoms. The van der Waals surface area contributed by atoms with Crippen molar-refractivity contribution in [2.24, 2.45) is 13.0 Å². The Hall–Kier alpha value is -5.59. The summed E-state index contributed by atoms with van der Waals surface area (Å²) in [6, 6.07) is 7.77. The van der Waals surface area contributed by atoms with Crippen LogP contribution in [-0.4, -0.2) is 78.5 Å². The first kappa shape index (κ1) is 36.7. The highest BCUT2D eigenvalue weighted by Gasteiger charge is 2.54. The average molecular weight is 738 g/mol. The standard InChI is InChI=1S/C27H26ClN9O2.C4F6O2/c1-36-15-19(10-31-36)26(39)37-13-17(14-37)7-24(38)34-23-5-4-20-8-18(23)3-2-16-6-21(11-29-9-16)33-27-30-12-22(28)25(32-20)35-27;5-3(6,7)1(11)2(12)4(8,9)10/h4-6,8-12,15,17H,2-3,7,13-14H2,1H3,(H,34,38)(H2,30,32,33,35);. The van der Waals surface area contributed by atoms with Gasteiger partial charge in [-0.15, -0.1) is 0 Å². The van der Waals surface area contributed by atoms with Gasteiger partial charge in [0.05, 0.1) is 29.8 Å². The van der Waals surface area contributed by atoms with Crippen molar-refractivity contribution >= 4 is 63.8 Å². The molecule has 1 fully saturated rings. The second-order valence-electron chi connectivity index (χ2n) is 11.5. The largest absolute Gasteiger partial charge is 0.458 e. The molecule has 6 rings (SSSR count). The van der Waals surface area contributed by atoms with Crippen LogP contribution in [0.25, 0.3) is 0 Å². The van der Waals surface area contributed by atoms with Gasteiger partial charge in [0.15, 0.2) is 5.82 Å². The van der Waals surface area contributed by atoms with Crippen LogP contribution in [0.2, 0.25) is 5.02 Å². The number of nitrogens with one attached hydrogen (secondary N) is 3. The van der Waals surface area contributed by atoms with E-state index in [9.17, 15) is 45.5 Å². The Morgan fingerprint density at radius 1 is 0.922 bits per heavy atom. The van der Waals surface area contributed by atoms with Crippen LogP contribution in [0.5, 0.6) is 0 Å². The van der Waals surface area contributed by atoms with Crippen LogP contribution in [0.3, 0.4) is 0 Å². The zero-order valence-electron chi connectivity index (χ0n) is 26.3. The van der Waals surface area contributed by atoms with E-state index < -0.39 is 23.9 Å². The number of hydrogen-bond acceptors (Lipinski definition) is 10. The van der Waals surface area contributed by atoms with E-state index in [0.29, 0.717) is 48.3 Å². The highest BCUT2D eigenvalue weighted by atomic mass is 35.5. The fraction of sp³-hybridized carbons (Fsp3) is 0.290. The van der Waals surface area contributed by atoms with Crippen molar-refractivity contribution in [3.05, 3.63) is 77.0 Å². The highest BCUT2D eigenvalue weighted by molar-refractivity contribution is 6.41. The van der Waals surface area contributed by atoms with Gasteiger partial charge in [-0.05, 0) is 48.2 Å². The number of hydrogen-bond donors (Lipinski definition) is 3. The number of Topliss-reactive ketones (excluding diaryl/α,β-unsaturated/α-hetero) is 2. The summed E-state index contributed by atoms with van der Waals surface area (Å²) in [6.45, 7) is 1.10. The first-order chi connectivity index (χ1) is 24.0. The molecule has 2 amide bonds. The van der Waals surface area contributed by atoms with Crippen molar-refractivity contribution in [3.8, 4) is 0 Å². The summed E-state index contributed by atoms with van der Waals surface area (Å²) in [5.74, 6) is -5.96. The van der Waals surface area contributed by atoms with Gasteiger partial charge in [-0.2, -0.15) is 36.4 Å². The van der Waals surface area contributed by atoms with Crippen LogP contribution in [0.1, 0.15) is 27.9 Å². The van der Waals surface area contributed by atoms with Gasteiger partial charge in [0.1, 0.15) is 5.02 Å². The quantitative estimate of drug-likeness (QED) is 0.183. The van der Waals surface area contributed by atoms with Gasteiger partial charge in [-0.3, -0.25) is 28.8 Å². The molecule has 5 heterocycles. The predicted octanol–water partition coefficient (Wildman–Crippen LogP) is 5.19. The van der Waals surface area contributed by atoms with E-state index in [-0.39, 0.29) is 17.7 Å². The molecule has 0 saturated carbocycles. The van der Waals surface area contributed by atoms with Crippen LogP contribution in [0.15, 0.2) is 55.2 Å². The Balaban J connectivity index is 0.000000362. The van der Waals surface area contributed by atoms with E-state index in [0.717, 1.165) is 34.6 Å². The molecule has 1 aromatic carbocycles. The van der Waals surface area contributed by atoms with Gasteiger partial charge in [0, 0.05) is 56.2 Å². The number of alkyl halides is 6. The molecular weight excluding hydrogens is 712 g/mol. The molecule has 4 aromatic rings. The molecule has 6 bridgehead atoms. The second-order valence-corrected chi connectivity index (χ2v) is 11.9. The number of amides is 2. The van der Waals surface area contributed by atoms with Gasteiger partial charge >= 0.3 is 23.9 Å². The molecule has 13 nitrogen and oxygen atoms in total. The number of likely N-dealkylation sites (tertiary alicyclic amines) is 1. The number of aryl methyl sites for hydroxylation is 3. The summed E-state index contributed by atoms with van der Waals surface area (Å²) in [5, 5.41) is 14.0. The number of ketones is 2. The maximum absolute atomic E-state index is 13.0. The molecule has 1 saturated heterocycles. The Labute approximate surface area is 289 Å². The minimum atomic E-state index is -5.77. The molecule has 0 atom stereocenters. The van der Waals surface area contributed by atoms with Crippen LogP contribution in [-0.2, 0) is 34.3 Å². The lowest BCUT2D eigenvalue weighted by Crippen LogP contribution is -2.50. The lowest BCUT2D eigenvalue weighted by molar-refractivity contribution is -0.193. The molecule has 3 N–H and O–H groups in total. The predicted molar refractivity (Wildman–Crippen MR) is 170 cm³/mol. The normalized spacial score (nSPS) is 14.2. The lowest BCUT2D eigenvalue weighted by atomic mass is 9.95. The topological polar surface area (TPSA) is 164 Å². The van der Waals surface area contributed by atoms with Gasteiger partial charge in [-0.1, -0.05) is 11.6 Å². The molecule has 268 valence electrons. The number of halogens is 7. The number of fused-ring (bicyclic) bond motifs is 6. The minimum Gasteiger partial charge on any atom is -0.339 e. The average Bonchev–Trinajstić information content (AvgIpc) is 3.48. The SMILES string of the molecule is Cn1cc(C(=O)N2CC(CC(=O)Nc3ccc4cc3CCc3cncc(c3)Nc3ncc(Cl)c(n3)N4)C2)cn1.O=C(C(=O)C(F)(F)F)C(F)(F)F. The lowest BCUT2D eigenvalue weighted by Gasteiger charge is -2.38. The summed E-state index contributed by atoms with van der Waals surface area (Å²) in [4.78, 5) is 59.6. The van der Waals surface area contributed by atoms with Crippen LogP contribution in [0, 0.1) is 5.92 Å². The maximum Gasteiger partial charge on any atom is 0.458 e. The maximum atomic E-state index is 13.0. The zero-order valence-corrected chi connectivity index (χ0v) is 27.0. The Morgan fingerprint density at radius 3 is 2.27 bits per heavy atom. The third-order valence-electron chi connectivity index (χ3n) is 7.51. The monoisotopic (exact) mass is 737 g/mol. The van der Waals surface area contributed by atoms with Crippen molar-refractivity contribution in [1.29, 1.82) is 0 Å². The van der Waals surface area contributed by atoms with Crippen molar-refractivity contribution in [2.45, 2.75) is 31.6 Å². The van der Waals surface area contributed by atoms with Gasteiger partial charge in [-0.25, -0.2) is 4.98 Å². The van der Waals surface area contributed by atoms with E-state index in [4.69, 9.17) is 11.6 Å². The van der Waals surface area contributed by atoms with E-state index in [1.165, 1.54) is 6.20 Å². The molecule has 2 aliphatic heterocycles. The number of carbonyl (C=O) groups is 4.